The van der Waals surface area contributed by atoms with Crippen LogP contribution in [-0.4, -0.2) is 29.1 Å². The SMILES string of the molecule is O=C(O)C=CN1CCCCCCC1. The van der Waals surface area contributed by atoms with Gasteiger partial charge in [-0.2, -0.15) is 0 Å². The van der Waals surface area contributed by atoms with Crippen LogP contribution in [0.1, 0.15) is 32.1 Å². The molecule has 0 atom stereocenters. The van der Waals surface area contributed by atoms with Crippen LogP contribution >= 0.6 is 0 Å². The van der Waals surface area contributed by atoms with Crippen molar-refractivity contribution in [1.82, 2.24) is 4.90 Å². The Balaban J connectivity index is 2.33. The summed E-state index contributed by atoms with van der Waals surface area (Å²) in [6.45, 7) is 2.01. The van der Waals surface area contributed by atoms with E-state index in [1.807, 2.05) is 0 Å². The molecular weight excluding hydrogens is 166 g/mol. The average Bonchev–Trinajstić information content (AvgIpc) is 2.01. The summed E-state index contributed by atoms with van der Waals surface area (Å²) in [5, 5.41) is 8.46. The van der Waals surface area contributed by atoms with Gasteiger partial charge in [-0.05, 0) is 12.8 Å². The number of carboxylic acid groups (broad SMARTS) is 1. The quantitative estimate of drug-likeness (QED) is 0.664. The van der Waals surface area contributed by atoms with Crippen LogP contribution in [0.5, 0.6) is 0 Å². The van der Waals surface area contributed by atoms with E-state index in [4.69, 9.17) is 5.11 Å². The summed E-state index contributed by atoms with van der Waals surface area (Å²) >= 11 is 0. The number of rotatable bonds is 2. The van der Waals surface area contributed by atoms with Gasteiger partial charge in [0.05, 0.1) is 0 Å². The number of carboxylic acids is 1. The van der Waals surface area contributed by atoms with Gasteiger partial charge in [-0.25, -0.2) is 4.79 Å². The minimum atomic E-state index is -0.859. The van der Waals surface area contributed by atoms with Crippen molar-refractivity contribution in [2.75, 3.05) is 13.1 Å². The number of carbonyl (C=O) groups is 1. The van der Waals surface area contributed by atoms with E-state index in [9.17, 15) is 4.79 Å². The lowest BCUT2D eigenvalue weighted by atomic mass is 10.1. The van der Waals surface area contributed by atoms with Crippen molar-refractivity contribution in [3.8, 4) is 0 Å². The van der Waals surface area contributed by atoms with E-state index in [1.165, 1.54) is 38.2 Å². The first-order valence-electron chi connectivity index (χ1n) is 4.94. The Bertz CT molecular complexity index is 181. The number of nitrogens with zero attached hydrogens (tertiary/aromatic N) is 1. The Hall–Kier alpha value is -0.990. The molecule has 74 valence electrons. The molecule has 0 aromatic rings. The summed E-state index contributed by atoms with van der Waals surface area (Å²) in [6.07, 6.45) is 9.18. The molecule has 0 saturated carbocycles. The highest BCUT2D eigenvalue weighted by atomic mass is 16.4. The fourth-order valence-corrected chi connectivity index (χ4v) is 1.59. The zero-order chi connectivity index (χ0) is 9.52. The highest BCUT2D eigenvalue weighted by Crippen LogP contribution is 2.10. The van der Waals surface area contributed by atoms with Gasteiger partial charge in [0.1, 0.15) is 0 Å². The van der Waals surface area contributed by atoms with Crippen LogP contribution in [0.4, 0.5) is 0 Å². The van der Waals surface area contributed by atoms with Gasteiger partial charge in [-0.3, -0.25) is 0 Å². The molecule has 3 heteroatoms. The highest BCUT2D eigenvalue weighted by molar-refractivity contribution is 5.79. The second-order valence-electron chi connectivity index (χ2n) is 3.46. The minimum Gasteiger partial charge on any atom is -0.478 e. The monoisotopic (exact) mass is 183 g/mol. The van der Waals surface area contributed by atoms with Crippen LogP contribution in [0.2, 0.25) is 0 Å². The molecule has 0 radical (unpaired) electrons. The fourth-order valence-electron chi connectivity index (χ4n) is 1.59. The van der Waals surface area contributed by atoms with E-state index in [0.29, 0.717) is 0 Å². The maximum absolute atomic E-state index is 10.3. The van der Waals surface area contributed by atoms with Gasteiger partial charge >= 0.3 is 5.97 Å². The topological polar surface area (TPSA) is 40.5 Å². The first-order valence-corrected chi connectivity index (χ1v) is 4.94. The third kappa shape index (κ3) is 4.55. The predicted octanol–water partition coefficient (Wildman–Crippen LogP) is 1.85. The molecule has 1 fully saturated rings. The van der Waals surface area contributed by atoms with Crippen molar-refractivity contribution >= 4 is 5.97 Å². The number of hydrogen-bond donors (Lipinski definition) is 1. The number of likely N-dealkylation sites (tertiary alicyclic amines) is 1. The summed E-state index contributed by atoms with van der Waals surface area (Å²) in [5.74, 6) is -0.859. The van der Waals surface area contributed by atoms with E-state index in [-0.39, 0.29) is 0 Å². The molecule has 0 aromatic heterocycles. The van der Waals surface area contributed by atoms with Gasteiger partial charge in [-0.1, -0.05) is 19.3 Å². The smallest absolute Gasteiger partial charge is 0.329 e. The molecule has 1 heterocycles. The Morgan fingerprint density at radius 1 is 1.08 bits per heavy atom. The maximum atomic E-state index is 10.3. The van der Waals surface area contributed by atoms with Crippen molar-refractivity contribution in [2.45, 2.75) is 32.1 Å². The lowest BCUT2D eigenvalue weighted by Gasteiger charge is -2.22. The van der Waals surface area contributed by atoms with Gasteiger partial charge in [-0.15, -0.1) is 0 Å². The van der Waals surface area contributed by atoms with Gasteiger partial charge in [0.2, 0.25) is 0 Å². The highest BCUT2D eigenvalue weighted by Gasteiger charge is 2.03. The van der Waals surface area contributed by atoms with E-state index < -0.39 is 5.97 Å². The van der Waals surface area contributed by atoms with Crippen LogP contribution in [-0.2, 0) is 4.79 Å². The Labute approximate surface area is 79.0 Å². The second-order valence-corrected chi connectivity index (χ2v) is 3.46. The number of aliphatic carboxylic acids is 1. The maximum Gasteiger partial charge on any atom is 0.329 e. The Morgan fingerprint density at radius 3 is 2.15 bits per heavy atom. The van der Waals surface area contributed by atoms with Crippen molar-refractivity contribution in [3.05, 3.63) is 12.3 Å². The summed E-state index contributed by atoms with van der Waals surface area (Å²) in [5.41, 5.74) is 0. The predicted molar refractivity (Wildman–Crippen MR) is 51.4 cm³/mol. The van der Waals surface area contributed by atoms with Crippen molar-refractivity contribution in [2.24, 2.45) is 0 Å². The molecule has 0 aliphatic carbocycles. The molecule has 1 aliphatic heterocycles. The number of hydrogen-bond acceptors (Lipinski definition) is 2. The third-order valence-electron chi connectivity index (χ3n) is 2.32. The molecule has 1 saturated heterocycles. The van der Waals surface area contributed by atoms with Crippen LogP contribution < -0.4 is 0 Å². The van der Waals surface area contributed by atoms with E-state index in [2.05, 4.69) is 4.90 Å². The molecule has 1 aliphatic rings. The summed E-state index contributed by atoms with van der Waals surface area (Å²) in [7, 11) is 0. The van der Waals surface area contributed by atoms with Crippen molar-refractivity contribution in [1.29, 1.82) is 0 Å². The van der Waals surface area contributed by atoms with Crippen LogP contribution in [0.15, 0.2) is 12.3 Å². The van der Waals surface area contributed by atoms with Gasteiger partial charge in [0.15, 0.2) is 0 Å². The van der Waals surface area contributed by atoms with E-state index in [1.54, 1.807) is 6.20 Å². The molecule has 0 aromatic carbocycles. The summed E-state index contributed by atoms with van der Waals surface area (Å²) in [4.78, 5) is 12.4. The lowest BCUT2D eigenvalue weighted by Crippen LogP contribution is -2.21. The zero-order valence-electron chi connectivity index (χ0n) is 7.91. The molecule has 0 amide bonds. The summed E-state index contributed by atoms with van der Waals surface area (Å²) < 4.78 is 0. The molecule has 1 N–H and O–H groups in total. The molecule has 0 spiro atoms. The largest absolute Gasteiger partial charge is 0.478 e. The normalized spacial score (nSPS) is 19.8. The molecule has 13 heavy (non-hydrogen) atoms. The van der Waals surface area contributed by atoms with Crippen LogP contribution in [0.25, 0.3) is 0 Å². The molecular formula is C10H17NO2. The third-order valence-corrected chi connectivity index (χ3v) is 2.32. The van der Waals surface area contributed by atoms with Crippen LogP contribution in [0.3, 0.4) is 0 Å². The first-order chi connectivity index (χ1) is 6.29. The van der Waals surface area contributed by atoms with Crippen LogP contribution in [0, 0.1) is 0 Å². The second kappa shape index (κ2) is 5.62. The molecule has 3 nitrogen and oxygen atoms in total. The fraction of sp³-hybridized carbons (Fsp3) is 0.700. The minimum absolute atomic E-state index is 0.859. The van der Waals surface area contributed by atoms with E-state index >= 15 is 0 Å². The van der Waals surface area contributed by atoms with E-state index in [0.717, 1.165) is 13.1 Å². The standard InChI is InChI=1S/C10H17NO2/c12-10(13)6-9-11-7-4-2-1-3-5-8-11/h6,9H,1-5,7-8H2,(H,12,13). The van der Waals surface area contributed by atoms with Gasteiger partial charge in [0.25, 0.3) is 0 Å². The Morgan fingerprint density at radius 2 is 1.62 bits per heavy atom. The molecule has 0 bridgehead atoms. The van der Waals surface area contributed by atoms with Crippen molar-refractivity contribution in [3.63, 3.8) is 0 Å². The Kier molecular flexibility index (Phi) is 4.36. The average molecular weight is 183 g/mol. The van der Waals surface area contributed by atoms with Gasteiger partial charge < -0.3 is 10.0 Å². The summed E-state index contributed by atoms with van der Waals surface area (Å²) in [6, 6.07) is 0. The van der Waals surface area contributed by atoms with Gasteiger partial charge in [0, 0.05) is 25.4 Å². The van der Waals surface area contributed by atoms with Crippen molar-refractivity contribution < 1.29 is 9.90 Å². The molecule has 0 unspecified atom stereocenters. The lowest BCUT2D eigenvalue weighted by molar-refractivity contribution is -0.131. The molecule has 1 rings (SSSR count). The first kappa shape index (κ1) is 10.1. The zero-order valence-corrected chi connectivity index (χ0v) is 7.91.